The molecule has 1 aliphatic rings. The van der Waals surface area contributed by atoms with Crippen LogP contribution < -0.4 is 4.72 Å². The van der Waals surface area contributed by atoms with Gasteiger partial charge in [0.15, 0.2) is 5.03 Å². The summed E-state index contributed by atoms with van der Waals surface area (Å²) in [4.78, 5) is 11.5. The number of likely N-dealkylation sites (N-methyl/N-ethyl adjacent to an activating group) is 1. The number of aryl methyl sites for hydroxylation is 1. The number of rotatable bonds is 7. The number of H-pyrrole nitrogens is 1. The van der Waals surface area contributed by atoms with E-state index in [4.69, 9.17) is 0 Å². The van der Waals surface area contributed by atoms with Crippen molar-refractivity contribution in [1.82, 2.24) is 24.5 Å². The molecule has 0 unspecified atom stereocenters. The maximum atomic E-state index is 12.1. The first-order valence-electron chi connectivity index (χ1n) is 7.45. The molecule has 1 aromatic rings. The van der Waals surface area contributed by atoms with E-state index in [1.54, 1.807) is 0 Å². The minimum atomic E-state index is -3.46. The summed E-state index contributed by atoms with van der Waals surface area (Å²) in [7, 11) is -1.33. The SMILES string of the molecule is CCc1ncc(S(=O)(=O)NCCCN2CCN(C)CC2)[nH]1. The van der Waals surface area contributed by atoms with Crippen molar-refractivity contribution in [2.45, 2.75) is 24.8 Å². The van der Waals surface area contributed by atoms with E-state index in [2.05, 4.69) is 31.5 Å². The Kier molecular flexibility index (Phi) is 5.74. The third-order valence-corrected chi connectivity index (χ3v) is 5.14. The maximum absolute atomic E-state index is 12.1. The van der Waals surface area contributed by atoms with Crippen LogP contribution in [0.25, 0.3) is 0 Å². The summed E-state index contributed by atoms with van der Waals surface area (Å²) in [6.07, 6.45) is 2.89. The molecule has 1 aliphatic heterocycles. The number of piperazine rings is 1. The Morgan fingerprint density at radius 2 is 2.05 bits per heavy atom. The summed E-state index contributed by atoms with van der Waals surface area (Å²) in [5.41, 5.74) is 0. The Bertz CT molecular complexity index is 535. The van der Waals surface area contributed by atoms with Gasteiger partial charge in [0.1, 0.15) is 5.82 Å². The highest BCUT2D eigenvalue weighted by Gasteiger charge is 2.17. The number of aromatic nitrogens is 2. The van der Waals surface area contributed by atoms with Gasteiger partial charge in [-0.3, -0.25) is 0 Å². The Balaban J connectivity index is 1.72. The summed E-state index contributed by atoms with van der Waals surface area (Å²) >= 11 is 0. The molecule has 0 aliphatic carbocycles. The summed E-state index contributed by atoms with van der Waals surface area (Å²) in [5.74, 6) is 0.688. The second kappa shape index (κ2) is 7.35. The molecule has 0 bridgehead atoms. The summed E-state index contributed by atoms with van der Waals surface area (Å²) in [5, 5.41) is 0.152. The van der Waals surface area contributed by atoms with Crippen molar-refractivity contribution < 1.29 is 8.42 Å². The van der Waals surface area contributed by atoms with E-state index < -0.39 is 10.0 Å². The molecule has 0 atom stereocenters. The van der Waals surface area contributed by atoms with E-state index >= 15 is 0 Å². The van der Waals surface area contributed by atoms with Gasteiger partial charge in [-0.25, -0.2) is 18.1 Å². The lowest BCUT2D eigenvalue weighted by molar-refractivity contribution is 0.153. The molecular weight excluding hydrogens is 290 g/mol. The zero-order valence-electron chi connectivity index (χ0n) is 12.8. The average molecular weight is 315 g/mol. The molecular formula is C13H25N5O2S. The Morgan fingerprint density at radius 3 is 2.67 bits per heavy atom. The molecule has 1 fully saturated rings. The average Bonchev–Trinajstić information content (AvgIpc) is 2.95. The number of aromatic amines is 1. The van der Waals surface area contributed by atoms with Gasteiger partial charge in [0.05, 0.1) is 6.20 Å². The van der Waals surface area contributed by atoms with Gasteiger partial charge in [-0.2, -0.15) is 0 Å². The van der Waals surface area contributed by atoms with E-state index in [1.165, 1.54) is 6.20 Å². The Morgan fingerprint density at radius 1 is 1.33 bits per heavy atom. The van der Waals surface area contributed by atoms with Crippen LogP contribution in [0.1, 0.15) is 19.2 Å². The fraction of sp³-hybridized carbons (Fsp3) is 0.769. The van der Waals surface area contributed by atoms with Crippen LogP contribution in [-0.4, -0.2) is 74.5 Å². The molecule has 21 heavy (non-hydrogen) atoms. The lowest BCUT2D eigenvalue weighted by atomic mass is 10.3. The normalized spacial score (nSPS) is 18.2. The zero-order valence-corrected chi connectivity index (χ0v) is 13.6. The van der Waals surface area contributed by atoms with Crippen molar-refractivity contribution in [3.05, 3.63) is 12.0 Å². The number of nitrogens with one attached hydrogen (secondary N) is 2. The summed E-state index contributed by atoms with van der Waals surface area (Å²) in [6, 6.07) is 0. The van der Waals surface area contributed by atoms with Gasteiger partial charge in [0.25, 0.3) is 10.0 Å². The molecule has 8 heteroatoms. The fourth-order valence-electron chi connectivity index (χ4n) is 2.32. The molecule has 0 aromatic carbocycles. The van der Waals surface area contributed by atoms with Gasteiger partial charge in [-0.1, -0.05) is 6.92 Å². The molecule has 0 saturated carbocycles. The van der Waals surface area contributed by atoms with E-state index in [9.17, 15) is 8.42 Å². The number of hydrogen-bond acceptors (Lipinski definition) is 5. The van der Waals surface area contributed by atoms with Crippen molar-refractivity contribution >= 4 is 10.0 Å². The smallest absolute Gasteiger partial charge is 0.257 e. The second-order valence-electron chi connectivity index (χ2n) is 5.44. The molecule has 2 heterocycles. The van der Waals surface area contributed by atoms with Gasteiger partial charge >= 0.3 is 0 Å². The maximum Gasteiger partial charge on any atom is 0.257 e. The standard InChI is InChI=1S/C13H25N5O2S/c1-3-12-14-11-13(16-12)21(19,20)15-5-4-6-18-9-7-17(2)8-10-18/h11,15H,3-10H2,1-2H3,(H,14,16). The molecule has 7 nitrogen and oxygen atoms in total. The highest BCUT2D eigenvalue weighted by Crippen LogP contribution is 2.06. The first-order valence-corrected chi connectivity index (χ1v) is 8.94. The minimum absolute atomic E-state index is 0.152. The predicted octanol–water partition coefficient (Wildman–Crippen LogP) is -0.112. The van der Waals surface area contributed by atoms with Crippen LogP contribution in [0.15, 0.2) is 11.2 Å². The first kappa shape index (κ1) is 16.4. The summed E-state index contributed by atoms with van der Waals surface area (Å²) in [6.45, 7) is 7.60. The fourth-order valence-corrected chi connectivity index (χ4v) is 3.33. The van der Waals surface area contributed by atoms with Gasteiger partial charge in [-0.15, -0.1) is 0 Å². The summed E-state index contributed by atoms with van der Waals surface area (Å²) < 4.78 is 26.7. The lowest BCUT2D eigenvalue weighted by Crippen LogP contribution is -2.45. The number of nitrogens with zero attached hydrogens (tertiary/aromatic N) is 3. The molecule has 0 spiro atoms. The van der Waals surface area contributed by atoms with Gasteiger partial charge < -0.3 is 14.8 Å². The zero-order chi connectivity index (χ0) is 15.3. The van der Waals surface area contributed by atoms with Crippen LogP contribution in [0.5, 0.6) is 0 Å². The Hall–Kier alpha value is -0.960. The van der Waals surface area contributed by atoms with E-state index in [0.29, 0.717) is 18.8 Å². The molecule has 2 rings (SSSR count). The molecule has 1 aromatic heterocycles. The molecule has 1 saturated heterocycles. The number of hydrogen-bond donors (Lipinski definition) is 2. The van der Waals surface area contributed by atoms with Crippen molar-refractivity contribution in [1.29, 1.82) is 0 Å². The second-order valence-corrected chi connectivity index (χ2v) is 7.18. The van der Waals surface area contributed by atoms with E-state index in [-0.39, 0.29) is 5.03 Å². The van der Waals surface area contributed by atoms with Crippen molar-refractivity contribution in [2.24, 2.45) is 0 Å². The van der Waals surface area contributed by atoms with Gasteiger partial charge in [-0.05, 0) is 20.0 Å². The highest BCUT2D eigenvalue weighted by molar-refractivity contribution is 7.89. The van der Waals surface area contributed by atoms with Crippen LogP contribution in [0, 0.1) is 0 Å². The lowest BCUT2D eigenvalue weighted by Gasteiger charge is -2.32. The topological polar surface area (TPSA) is 81.3 Å². The van der Waals surface area contributed by atoms with Crippen LogP contribution in [0.2, 0.25) is 0 Å². The van der Waals surface area contributed by atoms with Gasteiger partial charge in [0.2, 0.25) is 0 Å². The molecule has 0 radical (unpaired) electrons. The largest absolute Gasteiger partial charge is 0.332 e. The number of imidazole rings is 1. The molecule has 120 valence electrons. The monoisotopic (exact) mass is 315 g/mol. The van der Waals surface area contributed by atoms with Crippen LogP contribution in [0.3, 0.4) is 0 Å². The molecule has 2 N–H and O–H groups in total. The molecule has 0 amide bonds. The van der Waals surface area contributed by atoms with Crippen LogP contribution in [-0.2, 0) is 16.4 Å². The van der Waals surface area contributed by atoms with Crippen LogP contribution >= 0.6 is 0 Å². The van der Waals surface area contributed by atoms with Crippen molar-refractivity contribution in [3.63, 3.8) is 0 Å². The Labute approximate surface area is 126 Å². The third kappa shape index (κ3) is 4.77. The van der Waals surface area contributed by atoms with Crippen LogP contribution in [0.4, 0.5) is 0 Å². The van der Waals surface area contributed by atoms with Crippen molar-refractivity contribution in [3.8, 4) is 0 Å². The third-order valence-electron chi connectivity index (χ3n) is 3.77. The van der Waals surface area contributed by atoms with Gasteiger partial charge in [0, 0.05) is 39.1 Å². The van der Waals surface area contributed by atoms with Crippen molar-refractivity contribution in [2.75, 3.05) is 46.3 Å². The minimum Gasteiger partial charge on any atom is -0.332 e. The number of sulfonamides is 1. The highest BCUT2D eigenvalue weighted by atomic mass is 32.2. The first-order chi connectivity index (χ1) is 10.0. The predicted molar refractivity (Wildman–Crippen MR) is 81.7 cm³/mol. The van der Waals surface area contributed by atoms with E-state index in [1.807, 2.05) is 6.92 Å². The van der Waals surface area contributed by atoms with E-state index in [0.717, 1.165) is 39.1 Å². The quantitative estimate of drug-likeness (QED) is 0.686.